The Kier molecular flexibility index (Phi) is 6.36. The first-order valence-electron chi connectivity index (χ1n) is 6.63. The van der Waals surface area contributed by atoms with Crippen molar-refractivity contribution >= 4 is 5.91 Å². The molecule has 0 aliphatic heterocycles. The van der Waals surface area contributed by atoms with Crippen molar-refractivity contribution in [1.29, 1.82) is 0 Å². The minimum atomic E-state index is 0.122. The van der Waals surface area contributed by atoms with Crippen LogP contribution in [0.1, 0.15) is 19.4 Å². The van der Waals surface area contributed by atoms with Crippen molar-refractivity contribution in [3.63, 3.8) is 0 Å². The Hall–Kier alpha value is -1.55. The van der Waals surface area contributed by atoms with Crippen molar-refractivity contribution < 1.29 is 9.53 Å². The molecule has 0 fully saturated rings. The van der Waals surface area contributed by atoms with Gasteiger partial charge in [-0.1, -0.05) is 26.0 Å². The minimum absolute atomic E-state index is 0.122. The monoisotopic (exact) mass is 264 g/mol. The molecule has 0 aliphatic carbocycles. The largest absolute Gasteiger partial charge is 0.497 e. The Morgan fingerprint density at radius 3 is 2.79 bits per heavy atom. The predicted octanol–water partition coefficient (Wildman–Crippen LogP) is 1.69. The third-order valence-electron chi connectivity index (χ3n) is 2.96. The van der Waals surface area contributed by atoms with Crippen LogP contribution in [0.5, 0.6) is 5.75 Å². The van der Waals surface area contributed by atoms with E-state index in [0.717, 1.165) is 12.2 Å². The van der Waals surface area contributed by atoms with Gasteiger partial charge in [0.2, 0.25) is 5.91 Å². The first-order valence-corrected chi connectivity index (χ1v) is 6.63. The van der Waals surface area contributed by atoms with Gasteiger partial charge < -0.3 is 15.0 Å². The van der Waals surface area contributed by atoms with E-state index in [4.69, 9.17) is 4.74 Å². The van der Waals surface area contributed by atoms with Gasteiger partial charge in [0.05, 0.1) is 13.7 Å². The molecule has 0 radical (unpaired) electrons. The fraction of sp³-hybridized carbons (Fsp3) is 0.533. The maximum Gasteiger partial charge on any atom is 0.236 e. The van der Waals surface area contributed by atoms with Gasteiger partial charge in [-0.2, -0.15) is 0 Å². The Balaban J connectivity index is 2.40. The van der Waals surface area contributed by atoms with Crippen LogP contribution in [-0.4, -0.2) is 44.1 Å². The number of nitrogens with one attached hydrogen (secondary N) is 1. The molecule has 0 saturated carbocycles. The maximum atomic E-state index is 11.8. The maximum absolute atomic E-state index is 11.8. The number of amides is 1. The van der Waals surface area contributed by atoms with Gasteiger partial charge in [0.1, 0.15) is 5.75 Å². The van der Waals surface area contributed by atoms with Gasteiger partial charge in [-0.15, -0.1) is 0 Å². The third-order valence-corrected chi connectivity index (χ3v) is 2.96. The van der Waals surface area contributed by atoms with Crippen LogP contribution < -0.4 is 10.1 Å². The van der Waals surface area contributed by atoms with Crippen LogP contribution in [-0.2, 0) is 11.2 Å². The summed E-state index contributed by atoms with van der Waals surface area (Å²) in [5.41, 5.74) is 1.18. The van der Waals surface area contributed by atoms with E-state index in [1.165, 1.54) is 5.56 Å². The van der Waals surface area contributed by atoms with Crippen LogP contribution in [0.15, 0.2) is 24.3 Å². The first-order chi connectivity index (χ1) is 9.02. The van der Waals surface area contributed by atoms with Gasteiger partial charge in [0.25, 0.3) is 0 Å². The van der Waals surface area contributed by atoms with Gasteiger partial charge in [-0.25, -0.2) is 0 Å². The van der Waals surface area contributed by atoms with E-state index in [-0.39, 0.29) is 5.91 Å². The highest BCUT2D eigenvalue weighted by atomic mass is 16.5. The van der Waals surface area contributed by atoms with Crippen molar-refractivity contribution in [2.75, 3.05) is 27.2 Å². The van der Waals surface area contributed by atoms with Crippen molar-refractivity contribution in [3.05, 3.63) is 29.8 Å². The molecule has 106 valence electrons. The van der Waals surface area contributed by atoms with E-state index in [0.29, 0.717) is 19.1 Å². The molecule has 0 heterocycles. The van der Waals surface area contributed by atoms with Crippen molar-refractivity contribution in [1.82, 2.24) is 10.2 Å². The fourth-order valence-electron chi connectivity index (χ4n) is 1.68. The van der Waals surface area contributed by atoms with Crippen LogP contribution in [0.25, 0.3) is 0 Å². The number of carbonyl (C=O) groups excluding carboxylic acids is 1. The molecule has 0 saturated heterocycles. The molecule has 1 amide bonds. The van der Waals surface area contributed by atoms with Crippen molar-refractivity contribution in [2.24, 2.45) is 0 Å². The van der Waals surface area contributed by atoms with Crippen LogP contribution in [0, 0.1) is 0 Å². The van der Waals surface area contributed by atoms with E-state index in [9.17, 15) is 4.79 Å². The molecular weight excluding hydrogens is 240 g/mol. The molecule has 0 bridgehead atoms. The normalized spacial score (nSPS) is 10.6. The Bertz CT molecular complexity index is 405. The van der Waals surface area contributed by atoms with Gasteiger partial charge >= 0.3 is 0 Å². The van der Waals surface area contributed by atoms with E-state index in [1.807, 2.05) is 45.2 Å². The summed E-state index contributed by atoms with van der Waals surface area (Å²) in [5.74, 6) is 0.976. The van der Waals surface area contributed by atoms with Gasteiger partial charge in [0.15, 0.2) is 0 Å². The molecule has 4 heteroatoms. The molecule has 1 aromatic carbocycles. The number of rotatable bonds is 7. The average Bonchev–Trinajstić information content (AvgIpc) is 2.42. The van der Waals surface area contributed by atoms with Crippen molar-refractivity contribution in [3.8, 4) is 5.75 Å². The molecule has 1 N–H and O–H groups in total. The molecule has 4 nitrogen and oxygen atoms in total. The van der Waals surface area contributed by atoms with E-state index in [1.54, 1.807) is 12.0 Å². The second-order valence-corrected chi connectivity index (χ2v) is 4.95. The Morgan fingerprint density at radius 2 is 2.16 bits per heavy atom. The molecule has 1 rings (SSSR count). The summed E-state index contributed by atoms with van der Waals surface area (Å²) >= 11 is 0. The van der Waals surface area contributed by atoms with E-state index in [2.05, 4.69) is 5.32 Å². The fourth-order valence-corrected chi connectivity index (χ4v) is 1.68. The smallest absolute Gasteiger partial charge is 0.236 e. The lowest BCUT2D eigenvalue weighted by molar-refractivity contribution is -0.129. The van der Waals surface area contributed by atoms with Crippen LogP contribution in [0.2, 0.25) is 0 Å². The number of benzene rings is 1. The molecule has 0 unspecified atom stereocenters. The second-order valence-electron chi connectivity index (χ2n) is 4.95. The Labute approximate surface area is 115 Å². The number of likely N-dealkylation sites (N-methyl/N-ethyl adjacent to an activating group) is 1. The number of carbonyl (C=O) groups is 1. The van der Waals surface area contributed by atoms with E-state index >= 15 is 0 Å². The molecule has 0 aliphatic rings. The molecule has 0 atom stereocenters. The summed E-state index contributed by atoms with van der Waals surface area (Å²) in [4.78, 5) is 13.6. The number of hydrogen-bond acceptors (Lipinski definition) is 3. The van der Waals surface area contributed by atoms with Gasteiger partial charge in [0, 0.05) is 19.6 Å². The molecular formula is C15H24N2O2. The van der Waals surface area contributed by atoms with Gasteiger partial charge in [-0.05, 0) is 24.1 Å². The topological polar surface area (TPSA) is 41.6 Å². The third kappa shape index (κ3) is 5.75. The molecule has 0 aromatic heterocycles. The number of methoxy groups -OCH3 is 1. The summed E-state index contributed by atoms with van der Waals surface area (Å²) in [6.07, 6.45) is 0.834. The van der Waals surface area contributed by atoms with E-state index < -0.39 is 0 Å². The zero-order valence-electron chi connectivity index (χ0n) is 12.3. The zero-order valence-corrected chi connectivity index (χ0v) is 12.3. The zero-order chi connectivity index (χ0) is 14.3. The highest BCUT2D eigenvalue weighted by molar-refractivity contribution is 5.78. The first kappa shape index (κ1) is 15.5. The minimum Gasteiger partial charge on any atom is -0.497 e. The molecule has 19 heavy (non-hydrogen) atoms. The SMILES string of the molecule is COc1cccc(CCN(C)C(=O)CNC(C)C)c1. The summed E-state index contributed by atoms with van der Waals surface area (Å²) in [6, 6.07) is 8.27. The highest BCUT2D eigenvalue weighted by Gasteiger charge is 2.08. The molecule has 0 spiro atoms. The summed E-state index contributed by atoms with van der Waals surface area (Å²) in [6.45, 7) is 5.17. The standard InChI is InChI=1S/C15H24N2O2/c1-12(2)16-11-15(18)17(3)9-8-13-6-5-7-14(10-13)19-4/h5-7,10,12,16H,8-9,11H2,1-4H3. The Morgan fingerprint density at radius 1 is 1.42 bits per heavy atom. The quantitative estimate of drug-likeness (QED) is 0.815. The highest BCUT2D eigenvalue weighted by Crippen LogP contribution is 2.13. The average molecular weight is 264 g/mol. The lowest BCUT2D eigenvalue weighted by atomic mass is 10.1. The number of hydrogen-bond donors (Lipinski definition) is 1. The second kappa shape index (κ2) is 7.79. The van der Waals surface area contributed by atoms with Crippen molar-refractivity contribution in [2.45, 2.75) is 26.3 Å². The van der Waals surface area contributed by atoms with Crippen LogP contribution >= 0.6 is 0 Å². The van der Waals surface area contributed by atoms with Crippen LogP contribution in [0.3, 0.4) is 0 Å². The number of nitrogens with zero attached hydrogens (tertiary/aromatic N) is 1. The lowest BCUT2D eigenvalue weighted by Crippen LogP contribution is -2.38. The lowest BCUT2D eigenvalue weighted by Gasteiger charge is -2.18. The summed E-state index contributed by atoms with van der Waals surface area (Å²) < 4.78 is 5.18. The summed E-state index contributed by atoms with van der Waals surface area (Å²) in [7, 11) is 3.50. The summed E-state index contributed by atoms with van der Waals surface area (Å²) in [5, 5.41) is 3.13. The predicted molar refractivity (Wildman–Crippen MR) is 77.5 cm³/mol. The molecule has 1 aromatic rings. The number of ether oxygens (including phenoxy) is 1. The van der Waals surface area contributed by atoms with Gasteiger partial charge in [-0.3, -0.25) is 4.79 Å². The van der Waals surface area contributed by atoms with Crippen LogP contribution in [0.4, 0.5) is 0 Å².